The minimum absolute atomic E-state index is 0.159. The standard InChI is InChI=1S/C19H18FS/c1-15-6-5-9-19(14-15)21(17-7-3-2-4-8-17)18-12-10-16(20)11-13-18/h2-5,7-15H,6H2,1H3/q+1. The van der Waals surface area contributed by atoms with E-state index in [4.69, 9.17) is 0 Å². The van der Waals surface area contributed by atoms with Gasteiger partial charge in [-0.05, 0) is 60.9 Å². The first kappa shape index (κ1) is 14.2. The molecule has 0 heterocycles. The van der Waals surface area contributed by atoms with Crippen LogP contribution in [-0.4, -0.2) is 0 Å². The lowest BCUT2D eigenvalue weighted by atomic mass is 10.0. The number of rotatable bonds is 3. The topological polar surface area (TPSA) is 0 Å². The Balaban J connectivity index is 2.07. The largest absolute Gasteiger partial charge is 0.207 e. The van der Waals surface area contributed by atoms with Crippen molar-refractivity contribution in [2.75, 3.05) is 0 Å². The van der Waals surface area contributed by atoms with Crippen molar-refractivity contribution < 1.29 is 4.39 Å². The fourth-order valence-electron chi connectivity index (χ4n) is 2.47. The van der Waals surface area contributed by atoms with E-state index in [1.165, 1.54) is 9.80 Å². The third-order valence-corrected chi connectivity index (χ3v) is 5.73. The minimum atomic E-state index is -0.183. The van der Waals surface area contributed by atoms with E-state index in [9.17, 15) is 4.39 Å². The summed E-state index contributed by atoms with van der Waals surface area (Å²) in [4.78, 5) is 3.76. The highest BCUT2D eigenvalue weighted by molar-refractivity contribution is 8.00. The van der Waals surface area contributed by atoms with E-state index < -0.39 is 0 Å². The molecule has 1 aliphatic rings. The zero-order valence-corrected chi connectivity index (χ0v) is 12.8. The fraction of sp³-hybridized carbons (Fsp3) is 0.158. The van der Waals surface area contributed by atoms with Gasteiger partial charge in [-0.25, -0.2) is 4.39 Å². The SMILES string of the molecule is CC1C=C([S+](c2ccccc2)c2ccc(F)cc2)C=CC1. The van der Waals surface area contributed by atoms with Gasteiger partial charge in [-0.3, -0.25) is 0 Å². The van der Waals surface area contributed by atoms with Crippen LogP contribution in [0.5, 0.6) is 0 Å². The second kappa shape index (κ2) is 6.31. The number of hydrogen-bond donors (Lipinski definition) is 0. The number of halogens is 1. The summed E-state index contributed by atoms with van der Waals surface area (Å²) in [6, 6.07) is 17.4. The Morgan fingerprint density at radius 1 is 0.952 bits per heavy atom. The van der Waals surface area contributed by atoms with Crippen molar-refractivity contribution in [3.05, 3.63) is 83.5 Å². The third kappa shape index (κ3) is 3.27. The molecule has 106 valence electrons. The molecule has 2 atom stereocenters. The molecule has 0 radical (unpaired) electrons. The fourth-order valence-corrected chi connectivity index (χ4v) is 4.73. The summed E-state index contributed by atoms with van der Waals surface area (Å²) >= 11 is 0. The molecule has 0 amide bonds. The van der Waals surface area contributed by atoms with Gasteiger partial charge in [0.25, 0.3) is 0 Å². The lowest BCUT2D eigenvalue weighted by Gasteiger charge is -2.13. The summed E-state index contributed by atoms with van der Waals surface area (Å²) in [5.41, 5.74) is 0. The molecule has 0 saturated heterocycles. The molecule has 0 spiro atoms. The molecule has 1 aliphatic carbocycles. The van der Waals surface area contributed by atoms with Crippen LogP contribution >= 0.6 is 0 Å². The number of benzene rings is 2. The molecular weight excluding hydrogens is 279 g/mol. The van der Waals surface area contributed by atoms with Crippen LogP contribution < -0.4 is 0 Å². The molecule has 3 rings (SSSR count). The second-order valence-corrected chi connectivity index (χ2v) is 7.28. The first-order chi connectivity index (χ1) is 10.2. The predicted molar refractivity (Wildman–Crippen MR) is 87.7 cm³/mol. The van der Waals surface area contributed by atoms with Crippen LogP contribution in [-0.2, 0) is 10.9 Å². The molecule has 21 heavy (non-hydrogen) atoms. The number of hydrogen-bond acceptors (Lipinski definition) is 0. The predicted octanol–water partition coefficient (Wildman–Crippen LogP) is 5.34. The van der Waals surface area contributed by atoms with E-state index in [1.54, 1.807) is 12.1 Å². The number of allylic oxidation sites excluding steroid dienone is 3. The van der Waals surface area contributed by atoms with Crippen molar-refractivity contribution in [1.82, 2.24) is 0 Å². The monoisotopic (exact) mass is 297 g/mol. The Bertz CT molecular complexity index is 656. The molecule has 0 aliphatic heterocycles. The van der Waals surface area contributed by atoms with Gasteiger partial charge in [0.2, 0.25) is 0 Å². The van der Waals surface area contributed by atoms with Gasteiger partial charge in [0.05, 0.1) is 10.9 Å². The Kier molecular flexibility index (Phi) is 4.26. The van der Waals surface area contributed by atoms with E-state index in [0.717, 1.165) is 11.3 Å². The maximum absolute atomic E-state index is 13.2. The van der Waals surface area contributed by atoms with E-state index in [2.05, 4.69) is 49.4 Å². The van der Waals surface area contributed by atoms with Gasteiger partial charge in [0.15, 0.2) is 14.7 Å². The average molecular weight is 297 g/mol. The first-order valence-electron chi connectivity index (χ1n) is 7.17. The normalized spacial score (nSPS) is 19.1. The van der Waals surface area contributed by atoms with Crippen LogP contribution in [0.4, 0.5) is 4.39 Å². The van der Waals surface area contributed by atoms with Gasteiger partial charge in [0, 0.05) is 0 Å². The Morgan fingerprint density at radius 3 is 2.29 bits per heavy atom. The van der Waals surface area contributed by atoms with Crippen molar-refractivity contribution in [3.8, 4) is 0 Å². The Labute approximate surface area is 128 Å². The quantitative estimate of drug-likeness (QED) is 0.671. The summed E-state index contributed by atoms with van der Waals surface area (Å²) < 4.78 is 13.2. The summed E-state index contributed by atoms with van der Waals surface area (Å²) in [5.74, 6) is 0.376. The van der Waals surface area contributed by atoms with Crippen molar-refractivity contribution >= 4 is 10.9 Å². The van der Waals surface area contributed by atoms with Crippen molar-refractivity contribution in [1.29, 1.82) is 0 Å². The third-order valence-electron chi connectivity index (χ3n) is 3.50. The molecule has 0 fully saturated rings. The van der Waals surface area contributed by atoms with E-state index in [1.807, 2.05) is 18.2 Å². The van der Waals surface area contributed by atoms with Gasteiger partial charge < -0.3 is 0 Å². The lowest BCUT2D eigenvalue weighted by Crippen LogP contribution is -2.09. The first-order valence-corrected chi connectivity index (χ1v) is 8.40. The zero-order chi connectivity index (χ0) is 14.7. The van der Waals surface area contributed by atoms with Gasteiger partial charge in [-0.2, -0.15) is 0 Å². The van der Waals surface area contributed by atoms with E-state index in [-0.39, 0.29) is 16.7 Å². The molecule has 0 bridgehead atoms. The van der Waals surface area contributed by atoms with Crippen molar-refractivity contribution in [2.45, 2.75) is 23.1 Å². The van der Waals surface area contributed by atoms with Crippen LogP contribution in [0.15, 0.2) is 87.5 Å². The van der Waals surface area contributed by atoms with Gasteiger partial charge in [0.1, 0.15) is 5.82 Å². The van der Waals surface area contributed by atoms with E-state index in [0.29, 0.717) is 5.92 Å². The van der Waals surface area contributed by atoms with Crippen LogP contribution in [0, 0.1) is 11.7 Å². The molecule has 2 heteroatoms. The summed E-state index contributed by atoms with van der Waals surface area (Å²) in [6.07, 6.45) is 7.91. The van der Waals surface area contributed by atoms with Gasteiger partial charge in [-0.15, -0.1) is 0 Å². The van der Waals surface area contributed by atoms with Crippen LogP contribution in [0.25, 0.3) is 0 Å². The Hall–Kier alpha value is -1.80. The van der Waals surface area contributed by atoms with Gasteiger partial charge in [-0.1, -0.05) is 31.2 Å². The van der Waals surface area contributed by atoms with Crippen molar-refractivity contribution in [2.24, 2.45) is 5.92 Å². The van der Waals surface area contributed by atoms with Crippen molar-refractivity contribution in [3.63, 3.8) is 0 Å². The summed E-state index contributed by atoms with van der Waals surface area (Å²) in [7, 11) is -0.159. The molecule has 2 aromatic rings. The minimum Gasteiger partial charge on any atom is -0.207 e. The van der Waals surface area contributed by atoms with Crippen LogP contribution in [0.3, 0.4) is 0 Å². The van der Waals surface area contributed by atoms with E-state index >= 15 is 0 Å². The zero-order valence-electron chi connectivity index (χ0n) is 12.0. The second-order valence-electron chi connectivity index (χ2n) is 5.26. The molecule has 0 N–H and O–H groups in total. The smallest absolute Gasteiger partial charge is 0.166 e. The molecule has 0 aromatic heterocycles. The molecule has 0 nitrogen and oxygen atoms in total. The maximum atomic E-state index is 13.2. The summed E-state index contributed by atoms with van der Waals surface area (Å²) in [6.45, 7) is 2.24. The van der Waals surface area contributed by atoms with Crippen LogP contribution in [0.1, 0.15) is 13.3 Å². The molecule has 2 unspecified atom stereocenters. The Morgan fingerprint density at radius 2 is 1.62 bits per heavy atom. The lowest BCUT2D eigenvalue weighted by molar-refractivity contribution is 0.626. The summed E-state index contributed by atoms with van der Waals surface area (Å²) in [5, 5.41) is 0. The van der Waals surface area contributed by atoms with Crippen LogP contribution in [0.2, 0.25) is 0 Å². The highest BCUT2D eigenvalue weighted by Gasteiger charge is 2.30. The molecule has 0 saturated carbocycles. The average Bonchev–Trinajstić information content (AvgIpc) is 2.51. The van der Waals surface area contributed by atoms with Gasteiger partial charge >= 0.3 is 0 Å². The molecular formula is C19H18FS+. The molecule has 2 aromatic carbocycles. The maximum Gasteiger partial charge on any atom is 0.166 e. The highest BCUT2D eigenvalue weighted by Crippen LogP contribution is 2.33. The highest BCUT2D eigenvalue weighted by atomic mass is 32.2.